The molecule has 19 heavy (non-hydrogen) atoms. The van der Waals surface area contributed by atoms with Gasteiger partial charge in [0.05, 0.1) is 4.92 Å². The number of rotatable bonds is 2. The Morgan fingerprint density at radius 1 is 1.47 bits per heavy atom. The van der Waals surface area contributed by atoms with Gasteiger partial charge in [0.2, 0.25) is 11.7 Å². The predicted octanol–water partition coefficient (Wildman–Crippen LogP) is 1.45. The molecule has 1 fully saturated rings. The van der Waals surface area contributed by atoms with E-state index in [4.69, 9.17) is 0 Å². The molecule has 2 rings (SSSR count). The number of hydrogen-bond donors (Lipinski definition) is 1. The number of piperazine rings is 1. The largest absolute Gasteiger partial charge is 0.352 e. The normalized spacial score (nSPS) is 18.1. The number of nitrogens with one attached hydrogen (secondary N) is 1. The molecular formula is C12H14FN3O3. The maximum atomic E-state index is 13.6. The fourth-order valence-corrected chi connectivity index (χ4v) is 2.22. The first-order valence-corrected chi connectivity index (χ1v) is 5.84. The van der Waals surface area contributed by atoms with E-state index in [1.807, 2.05) is 0 Å². The summed E-state index contributed by atoms with van der Waals surface area (Å²) in [4.78, 5) is 23.7. The number of anilines is 1. The molecule has 0 spiro atoms. The summed E-state index contributed by atoms with van der Waals surface area (Å²) >= 11 is 0. The number of nitro benzene ring substituents is 1. The van der Waals surface area contributed by atoms with Crippen molar-refractivity contribution in [2.24, 2.45) is 0 Å². The van der Waals surface area contributed by atoms with Crippen molar-refractivity contribution < 1.29 is 14.1 Å². The van der Waals surface area contributed by atoms with Gasteiger partial charge in [0.25, 0.3) is 0 Å². The predicted molar refractivity (Wildman–Crippen MR) is 67.5 cm³/mol. The van der Waals surface area contributed by atoms with Crippen LogP contribution in [-0.4, -0.2) is 29.5 Å². The minimum absolute atomic E-state index is 0.129. The van der Waals surface area contributed by atoms with E-state index < -0.39 is 22.0 Å². The fourth-order valence-electron chi connectivity index (χ4n) is 2.22. The molecule has 1 aliphatic rings. The molecule has 7 heteroatoms. The molecule has 0 unspecified atom stereocenters. The molecule has 1 N–H and O–H groups in total. The molecule has 1 aromatic carbocycles. The number of benzene rings is 1. The third-order valence-corrected chi connectivity index (χ3v) is 3.29. The van der Waals surface area contributed by atoms with E-state index in [2.05, 4.69) is 5.32 Å². The highest BCUT2D eigenvalue weighted by molar-refractivity contribution is 5.91. The lowest BCUT2D eigenvalue weighted by Gasteiger charge is -2.42. The summed E-state index contributed by atoms with van der Waals surface area (Å²) in [5.41, 5.74) is -1.42. The Morgan fingerprint density at radius 2 is 2.16 bits per heavy atom. The SMILES string of the molecule is CC1(C)C(=O)NCCN1c1cccc(F)c1[N+](=O)[O-]. The molecule has 0 atom stereocenters. The molecule has 1 amide bonds. The first-order chi connectivity index (χ1) is 8.85. The molecule has 1 saturated heterocycles. The minimum atomic E-state index is -0.962. The second-order valence-corrected chi connectivity index (χ2v) is 4.83. The average Bonchev–Trinajstić information content (AvgIpc) is 2.31. The van der Waals surface area contributed by atoms with E-state index in [0.717, 1.165) is 6.07 Å². The van der Waals surface area contributed by atoms with Crippen LogP contribution in [0.3, 0.4) is 0 Å². The summed E-state index contributed by atoms with van der Waals surface area (Å²) in [5.74, 6) is -1.14. The number of carbonyl (C=O) groups is 1. The van der Waals surface area contributed by atoms with Crippen LogP contribution in [0, 0.1) is 15.9 Å². The van der Waals surface area contributed by atoms with Gasteiger partial charge in [-0.3, -0.25) is 14.9 Å². The number of para-hydroxylation sites is 1. The first-order valence-electron chi connectivity index (χ1n) is 5.84. The van der Waals surface area contributed by atoms with Crippen molar-refractivity contribution in [1.82, 2.24) is 5.32 Å². The van der Waals surface area contributed by atoms with Gasteiger partial charge in [0.15, 0.2) is 0 Å². The van der Waals surface area contributed by atoms with Gasteiger partial charge in [0.1, 0.15) is 11.2 Å². The van der Waals surface area contributed by atoms with Gasteiger partial charge in [-0.25, -0.2) is 0 Å². The van der Waals surface area contributed by atoms with E-state index in [1.54, 1.807) is 18.7 Å². The van der Waals surface area contributed by atoms with E-state index in [1.165, 1.54) is 12.1 Å². The van der Waals surface area contributed by atoms with Crippen LogP contribution in [0.1, 0.15) is 13.8 Å². The van der Waals surface area contributed by atoms with Crippen LogP contribution < -0.4 is 10.2 Å². The molecule has 0 saturated carbocycles. The van der Waals surface area contributed by atoms with Crippen LogP contribution in [0.2, 0.25) is 0 Å². The van der Waals surface area contributed by atoms with Crippen LogP contribution in [0.4, 0.5) is 15.8 Å². The molecule has 1 aliphatic heterocycles. The highest BCUT2D eigenvalue weighted by atomic mass is 19.1. The molecule has 6 nitrogen and oxygen atoms in total. The standard InChI is InChI=1S/C12H14FN3O3/c1-12(2)11(17)14-6-7-15(12)9-5-3-4-8(13)10(9)16(18)19/h3-5H,6-7H2,1-2H3,(H,14,17). The molecular weight excluding hydrogens is 253 g/mol. The number of amides is 1. The molecule has 1 aromatic rings. The van der Waals surface area contributed by atoms with Crippen molar-refractivity contribution >= 4 is 17.3 Å². The molecule has 102 valence electrons. The summed E-state index contributed by atoms with van der Waals surface area (Å²) in [7, 11) is 0. The summed E-state index contributed by atoms with van der Waals surface area (Å²) in [5, 5.41) is 13.7. The number of nitrogens with zero attached hydrogens (tertiary/aromatic N) is 2. The highest BCUT2D eigenvalue weighted by Gasteiger charge is 2.40. The second-order valence-electron chi connectivity index (χ2n) is 4.83. The van der Waals surface area contributed by atoms with Gasteiger partial charge in [-0.05, 0) is 26.0 Å². The van der Waals surface area contributed by atoms with Crippen LogP contribution >= 0.6 is 0 Å². The van der Waals surface area contributed by atoms with Gasteiger partial charge >= 0.3 is 5.69 Å². The summed E-state index contributed by atoms with van der Waals surface area (Å²) in [6.45, 7) is 4.06. The van der Waals surface area contributed by atoms with Crippen LogP contribution in [0.5, 0.6) is 0 Å². The molecule has 1 heterocycles. The van der Waals surface area contributed by atoms with Crippen LogP contribution in [0.15, 0.2) is 18.2 Å². The van der Waals surface area contributed by atoms with E-state index in [0.29, 0.717) is 13.1 Å². The van der Waals surface area contributed by atoms with Gasteiger partial charge in [-0.1, -0.05) is 6.07 Å². The molecule has 0 aliphatic carbocycles. The Balaban J connectivity index is 2.55. The van der Waals surface area contributed by atoms with Crippen LogP contribution in [-0.2, 0) is 4.79 Å². The third-order valence-electron chi connectivity index (χ3n) is 3.29. The Hall–Kier alpha value is -2.18. The first kappa shape index (κ1) is 13.3. The topological polar surface area (TPSA) is 75.5 Å². The number of nitro groups is 1. The lowest BCUT2D eigenvalue weighted by atomic mass is 9.97. The van der Waals surface area contributed by atoms with E-state index in [-0.39, 0.29) is 11.6 Å². The van der Waals surface area contributed by atoms with Crippen molar-refractivity contribution in [1.29, 1.82) is 0 Å². The Morgan fingerprint density at radius 3 is 2.79 bits per heavy atom. The zero-order valence-corrected chi connectivity index (χ0v) is 10.6. The third kappa shape index (κ3) is 2.11. The summed E-state index contributed by atoms with van der Waals surface area (Å²) in [6, 6.07) is 3.90. The number of hydrogen-bond acceptors (Lipinski definition) is 4. The van der Waals surface area contributed by atoms with Gasteiger partial charge in [0, 0.05) is 13.1 Å². The lowest BCUT2D eigenvalue weighted by Crippen LogP contribution is -2.62. The van der Waals surface area contributed by atoms with Crippen LogP contribution in [0.25, 0.3) is 0 Å². The minimum Gasteiger partial charge on any atom is -0.352 e. The van der Waals surface area contributed by atoms with Crippen molar-refractivity contribution in [3.05, 3.63) is 34.1 Å². The molecule has 0 bridgehead atoms. The van der Waals surface area contributed by atoms with Crippen molar-refractivity contribution in [2.75, 3.05) is 18.0 Å². The van der Waals surface area contributed by atoms with Gasteiger partial charge in [-0.15, -0.1) is 0 Å². The smallest absolute Gasteiger partial charge is 0.327 e. The van der Waals surface area contributed by atoms with Crippen molar-refractivity contribution in [2.45, 2.75) is 19.4 Å². The maximum absolute atomic E-state index is 13.6. The summed E-state index contributed by atoms with van der Waals surface area (Å²) < 4.78 is 13.6. The number of carbonyl (C=O) groups excluding carboxylic acids is 1. The van der Waals surface area contributed by atoms with Crippen molar-refractivity contribution in [3.63, 3.8) is 0 Å². The molecule has 0 radical (unpaired) electrons. The zero-order chi connectivity index (χ0) is 14.2. The monoisotopic (exact) mass is 267 g/mol. The van der Waals surface area contributed by atoms with Gasteiger partial charge < -0.3 is 10.2 Å². The zero-order valence-electron chi connectivity index (χ0n) is 10.6. The Kier molecular flexibility index (Phi) is 3.13. The Bertz CT molecular complexity index is 545. The van der Waals surface area contributed by atoms with Crippen molar-refractivity contribution in [3.8, 4) is 0 Å². The fraction of sp³-hybridized carbons (Fsp3) is 0.417. The highest BCUT2D eigenvalue weighted by Crippen LogP contribution is 2.35. The van der Waals surface area contributed by atoms with E-state index >= 15 is 0 Å². The summed E-state index contributed by atoms with van der Waals surface area (Å²) in [6.07, 6.45) is 0. The molecule has 0 aromatic heterocycles. The average molecular weight is 267 g/mol. The second kappa shape index (κ2) is 4.49. The lowest BCUT2D eigenvalue weighted by molar-refractivity contribution is -0.386. The maximum Gasteiger partial charge on any atom is 0.327 e. The Labute approximate surface area is 109 Å². The number of halogens is 1. The quantitative estimate of drug-likeness (QED) is 0.650. The van der Waals surface area contributed by atoms with Gasteiger partial charge in [-0.2, -0.15) is 4.39 Å². The van der Waals surface area contributed by atoms with E-state index in [9.17, 15) is 19.3 Å².